The monoisotopic (exact) mass is 285 g/mol. The Morgan fingerprint density at radius 2 is 2.10 bits per heavy atom. The van der Waals surface area contributed by atoms with Crippen LogP contribution in [0.4, 0.5) is 9.59 Å². The Morgan fingerprint density at radius 1 is 1.45 bits per heavy atom. The predicted molar refractivity (Wildman–Crippen MR) is 69.8 cm³/mol. The highest BCUT2D eigenvalue weighted by Gasteiger charge is 2.35. The quantitative estimate of drug-likeness (QED) is 0.470. The smallest absolute Gasteiger partial charge is 0.410 e. The number of primary amides is 1. The third-order valence-corrected chi connectivity index (χ3v) is 2.64. The van der Waals surface area contributed by atoms with Crippen LogP contribution < -0.4 is 5.73 Å². The summed E-state index contributed by atoms with van der Waals surface area (Å²) in [5.74, 6) is 0. The van der Waals surface area contributed by atoms with Gasteiger partial charge in [-0.05, 0) is 32.7 Å². The first-order chi connectivity index (χ1) is 9.23. The summed E-state index contributed by atoms with van der Waals surface area (Å²) in [6.45, 7) is 5.72. The van der Waals surface area contributed by atoms with Gasteiger partial charge in [0.15, 0.2) is 0 Å². The van der Waals surface area contributed by atoms with Gasteiger partial charge in [0.25, 0.3) is 0 Å². The van der Waals surface area contributed by atoms with Gasteiger partial charge in [0.2, 0.25) is 0 Å². The fourth-order valence-electron chi connectivity index (χ4n) is 1.86. The first-order valence-electron chi connectivity index (χ1n) is 6.21. The van der Waals surface area contributed by atoms with Crippen molar-refractivity contribution in [2.75, 3.05) is 13.1 Å². The lowest BCUT2D eigenvalue weighted by Gasteiger charge is -2.36. The number of hydrogen-bond donors (Lipinski definition) is 1. The van der Waals surface area contributed by atoms with Gasteiger partial charge in [-0.1, -0.05) is 5.11 Å². The van der Waals surface area contributed by atoms with Crippen LogP contribution in [-0.4, -0.2) is 47.9 Å². The highest BCUT2D eigenvalue weighted by atomic mass is 16.6. The number of hydrogen-bond acceptors (Lipinski definition) is 5. The van der Waals surface area contributed by atoms with Crippen LogP contribution in [-0.2, 0) is 9.47 Å². The molecule has 2 amide bonds. The summed E-state index contributed by atoms with van der Waals surface area (Å²) in [4.78, 5) is 26.9. The number of ether oxygens (including phenoxy) is 2. The van der Waals surface area contributed by atoms with Gasteiger partial charge in [-0.15, -0.1) is 0 Å². The van der Waals surface area contributed by atoms with Crippen molar-refractivity contribution >= 4 is 12.2 Å². The van der Waals surface area contributed by atoms with E-state index in [-0.39, 0.29) is 6.54 Å². The number of piperidine rings is 1. The number of amides is 2. The highest BCUT2D eigenvalue weighted by molar-refractivity contribution is 5.68. The minimum Gasteiger partial charge on any atom is -0.444 e. The van der Waals surface area contributed by atoms with Crippen molar-refractivity contribution in [3.8, 4) is 0 Å². The Labute approximate surface area is 116 Å². The molecule has 9 heteroatoms. The third-order valence-electron chi connectivity index (χ3n) is 2.64. The molecule has 0 bridgehead atoms. The molecule has 1 aliphatic rings. The van der Waals surface area contributed by atoms with Gasteiger partial charge >= 0.3 is 12.2 Å². The molecule has 0 aromatic rings. The summed E-state index contributed by atoms with van der Waals surface area (Å²) < 4.78 is 10.1. The van der Waals surface area contributed by atoms with Gasteiger partial charge < -0.3 is 20.1 Å². The number of carbonyl (C=O) groups is 2. The number of likely N-dealkylation sites (tertiary alicyclic amines) is 1. The van der Waals surface area contributed by atoms with Crippen LogP contribution >= 0.6 is 0 Å². The second-order valence-electron chi connectivity index (χ2n) is 5.46. The predicted octanol–water partition coefficient (Wildman–Crippen LogP) is 1.77. The van der Waals surface area contributed by atoms with Gasteiger partial charge in [0.1, 0.15) is 11.7 Å². The van der Waals surface area contributed by atoms with Crippen molar-refractivity contribution in [1.82, 2.24) is 4.90 Å². The van der Waals surface area contributed by atoms with E-state index in [0.29, 0.717) is 13.0 Å². The summed E-state index contributed by atoms with van der Waals surface area (Å²) in [7, 11) is 0. The van der Waals surface area contributed by atoms with Crippen LogP contribution in [0.3, 0.4) is 0 Å². The molecule has 1 aliphatic heterocycles. The van der Waals surface area contributed by atoms with E-state index in [1.807, 2.05) is 0 Å². The molecule has 0 spiro atoms. The molecule has 20 heavy (non-hydrogen) atoms. The van der Waals surface area contributed by atoms with Crippen LogP contribution in [0, 0.1) is 0 Å². The van der Waals surface area contributed by atoms with Crippen LogP contribution in [0.1, 0.15) is 27.2 Å². The van der Waals surface area contributed by atoms with E-state index in [9.17, 15) is 9.59 Å². The van der Waals surface area contributed by atoms with E-state index < -0.39 is 29.9 Å². The molecule has 0 radical (unpaired) electrons. The SMILES string of the molecule is CC(C)(C)OC(=O)N1CC[C@@H](N=[N+]=[N-])[C@H](OC(N)=O)C1. The molecule has 9 nitrogen and oxygen atoms in total. The largest absolute Gasteiger partial charge is 0.444 e. The van der Waals surface area contributed by atoms with Gasteiger partial charge in [-0.2, -0.15) is 0 Å². The Hall–Kier alpha value is -2.15. The van der Waals surface area contributed by atoms with Crippen LogP contribution in [0.25, 0.3) is 10.4 Å². The van der Waals surface area contributed by atoms with Crippen LogP contribution in [0.15, 0.2) is 5.11 Å². The first-order valence-corrected chi connectivity index (χ1v) is 6.21. The zero-order chi connectivity index (χ0) is 15.3. The van der Waals surface area contributed by atoms with E-state index in [0.717, 1.165) is 0 Å². The van der Waals surface area contributed by atoms with Gasteiger partial charge in [-0.3, -0.25) is 0 Å². The zero-order valence-corrected chi connectivity index (χ0v) is 11.8. The van der Waals surface area contributed by atoms with Crippen molar-refractivity contribution in [2.24, 2.45) is 10.8 Å². The Kier molecular flexibility index (Phi) is 5.04. The number of nitrogens with two attached hydrogens (primary N) is 1. The van der Waals surface area contributed by atoms with E-state index >= 15 is 0 Å². The Balaban J connectivity index is 2.72. The highest BCUT2D eigenvalue weighted by Crippen LogP contribution is 2.20. The second kappa shape index (κ2) is 6.33. The fraction of sp³-hybridized carbons (Fsp3) is 0.818. The summed E-state index contributed by atoms with van der Waals surface area (Å²) in [6.07, 6.45) is -1.86. The molecular formula is C11H19N5O4. The van der Waals surface area contributed by atoms with Crippen molar-refractivity contribution in [2.45, 2.75) is 44.9 Å². The maximum absolute atomic E-state index is 11.9. The number of rotatable bonds is 2. The van der Waals surface area contributed by atoms with Gasteiger partial charge in [-0.25, -0.2) is 9.59 Å². The van der Waals surface area contributed by atoms with Crippen molar-refractivity contribution in [3.05, 3.63) is 10.4 Å². The summed E-state index contributed by atoms with van der Waals surface area (Å²) in [5, 5.41) is 3.56. The van der Waals surface area contributed by atoms with Crippen LogP contribution in [0.5, 0.6) is 0 Å². The Bertz CT molecular complexity index is 427. The lowest BCUT2D eigenvalue weighted by molar-refractivity contribution is -0.00475. The molecule has 2 atom stereocenters. The molecule has 0 aromatic heterocycles. The average Bonchev–Trinajstić information content (AvgIpc) is 2.28. The molecule has 0 unspecified atom stereocenters. The lowest BCUT2D eigenvalue weighted by Crippen LogP contribution is -2.51. The van der Waals surface area contributed by atoms with E-state index in [2.05, 4.69) is 10.0 Å². The molecule has 0 aromatic carbocycles. The number of carbonyl (C=O) groups excluding carboxylic acids is 2. The normalized spacial score (nSPS) is 22.6. The molecule has 1 fully saturated rings. The second-order valence-corrected chi connectivity index (χ2v) is 5.46. The van der Waals surface area contributed by atoms with Crippen molar-refractivity contribution in [1.29, 1.82) is 0 Å². The average molecular weight is 285 g/mol. The minimum atomic E-state index is -0.973. The summed E-state index contributed by atoms with van der Waals surface area (Å²) >= 11 is 0. The summed E-state index contributed by atoms with van der Waals surface area (Å²) in [6, 6.07) is -0.536. The first kappa shape index (κ1) is 15.9. The number of nitrogens with zero attached hydrogens (tertiary/aromatic N) is 4. The molecule has 1 heterocycles. The molecule has 2 N–H and O–H groups in total. The lowest BCUT2D eigenvalue weighted by atomic mass is 10.0. The summed E-state index contributed by atoms with van der Waals surface area (Å²) in [5.41, 5.74) is 12.8. The molecule has 1 saturated heterocycles. The van der Waals surface area contributed by atoms with E-state index in [4.69, 9.17) is 20.7 Å². The van der Waals surface area contributed by atoms with Crippen molar-refractivity contribution < 1.29 is 19.1 Å². The van der Waals surface area contributed by atoms with E-state index in [1.165, 1.54) is 4.90 Å². The fourth-order valence-corrected chi connectivity index (χ4v) is 1.86. The molecule has 0 saturated carbocycles. The topological polar surface area (TPSA) is 131 Å². The standard InChI is InChI=1S/C11H19N5O4/c1-11(2,3)20-10(18)16-5-4-7(14-15-13)8(6-16)19-9(12)17/h7-8H,4-6H2,1-3H3,(H2,12,17)/t7-,8-/m1/s1. The Morgan fingerprint density at radius 3 is 2.60 bits per heavy atom. The number of azide groups is 1. The maximum atomic E-state index is 11.9. The molecule has 1 rings (SSSR count). The third kappa shape index (κ3) is 4.85. The van der Waals surface area contributed by atoms with Gasteiger partial charge in [0, 0.05) is 11.5 Å². The van der Waals surface area contributed by atoms with Gasteiger partial charge in [0.05, 0.1) is 12.6 Å². The van der Waals surface area contributed by atoms with Crippen LogP contribution in [0.2, 0.25) is 0 Å². The molecular weight excluding hydrogens is 266 g/mol. The van der Waals surface area contributed by atoms with Crippen molar-refractivity contribution in [3.63, 3.8) is 0 Å². The maximum Gasteiger partial charge on any atom is 0.410 e. The molecule has 112 valence electrons. The molecule has 0 aliphatic carbocycles. The van der Waals surface area contributed by atoms with E-state index in [1.54, 1.807) is 20.8 Å². The minimum absolute atomic E-state index is 0.0849. The zero-order valence-electron chi connectivity index (χ0n) is 11.8.